The molecule has 1 N–H and O–H groups in total. The number of imidazole rings is 1. The number of amides is 1. The van der Waals surface area contributed by atoms with Gasteiger partial charge in [-0.05, 0) is 45.9 Å². The molecule has 0 atom stereocenters. The zero-order valence-corrected chi connectivity index (χ0v) is 22.0. The monoisotopic (exact) mass is 509 g/mol. The number of carboxylic acid groups (broad SMARTS) is 1. The first-order valence-electron chi connectivity index (χ1n) is 11.8. The largest absolute Gasteiger partial charge is 0.497 e. The first-order chi connectivity index (χ1) is 17.5. The minimum Gasteiger partial charge on any atom is -0.497 e. The highest BCUT2D eigenvalue weighted by molar-refractivity contribution is 6.10. The van der Waals surface area contributed by atoms with Crippen molar-refractivity contribution >= 4 is 39.9 Å². The third-order valence-corrected chi connectivity index (χ3v) is 5.91. The molecule has 3 heterocycles. The summed E-state index contributed by atoms with van der Waals surface area (Å²) >= 11 is 0. The van der Waals surface area contributed by atoms with Gasteiger partial charge in [0.1, 0.15) is 34.0 Å². The minimum absolute atomic E-state index is 0.0604. The van der Waals surface area contributed by atoms with Gasteiger partial charge in [-0.25, -0.2) is 19.6 Å². The van der Waals surface area contributed by atoms with Crippen molar-refractivity contribution in [1.29, 1.82) is 0 Å². The van der Waals surface area contributed by atoms with Crippen molar-refractivity contribution in [3.8, 4) is 11.5 Å². The molecule has 0 aliphatic carbocycles. The van der Waals surface area contributed by atoms with E-state index in [0.29, 0.717) is 45.7 Å². The highest BCUT2D eigenvalue weighted by Crippen LogP contribution is 2.35. The van der Waals surface area contributed by atoms with Gasteiger partial charge in [-0.15, -0.1) is 0 Å². The lowest BCUT2D eigenvalue weighted by molar-refractivity contribution is 0.0575. The summed E-state index contributed by atoms with van der Waals surface area (Å²) in [6.07, 6.45) is 0.984. The fourth-order valence-corrected chi connectivity index (χ4v) is 4.28. The molecule has 11 nitrogen and oxygen atoms in total. The van der Waals surface area contributed by atoms with Crippen LogP contribution in [-0.2, 0) is 24.9 Å². The van der Waals surface area contributed by atoms with E-state index in [2.05, 4.69) is 4.98 Å². The number of hydrogen-bond acceptors (Lipinski definition) is 7. The van der Waals surface area contributed by atoms with E-state index >= 15 is 0 Å². The third kappa shape index (κ3) is 4.76. The van der Waals surface area contributed by atoms with Crippen LogP contribution in [0.15, 0.2) is 30.6 Å². The molecule has 4 rings (SSSR count). The molecule has 11 heteroatoms. The van der Waals surface area contributed by atoms with Gasteiger partial charge >= 0.3 is 12.1 Å². The van der Waals surface area contributed by atoms with Crippen LogP contribution in [0.1, 0.15) is 43.7 Å². The minimum atomic E-state index is -1.07. The summed E-state index contributed by atoms with van der Waals surface area (Å²) in [6, 6.07) is 6.91. The maximum atomic E-state index is 13.6. The number of carbonyl (C=O) groups is 2. The van der Waals surface area contributed by atoms with E-state index in [1.807, 2.05) is 14.0 Å². The van der Waals surface area contributed by atoms with Gasteiger partial charge in [0.05, 0.1) is 32.6 Å². The molecule has 1 aromatic carbocycles. The topological polar surface area (TPSA) is 121 Å². The second kappa shape index (κ2) is 9.64. The molecule has 1 amide bonds. The van der Waals surface area contributed by atoms with Gasteiger partial charge in [-0.3, -0.25) is 4.90 Å². The summed E-state index contributed by atoms with van der Waals surface area (Å²) in [5, 5.41) is 10.4. The van der Waals surface area contributed by atoms with Crippen molar-refractivity contribution in [2.45, 2.75) is 46.4 Å². The first kappa shape index (κ1) is 25.8. The Morgan fingerprint density at radius 1 is 1.14 bits per heavy atom. The highest BCUT2D eigenvalue weighted by Gasteiger charge is 2.30. The molecule has 0 saturated carbocycles. The van der Waals surface area contributed by atoms with Crippen LogP contribution in [0.2, 0.25) is 0 Å². The summed E-state index contributed by atoms with van der Waals surface area (Å²) < 4.78 is 20.0. The van der Waals surface area contributed by atoms with E-state index in [-0.39, 0.29) is 18.1 Å². The van der Waals surface area contributed by atoms with Gasteiger partial charge in [0.2, 0.25) is 0 Å². The first-order valence-corrected chi connectivity index (χ1v) is 11.8. The molecule has 0 saturated heterocycles. The maximum absolute atomic E-state index is 13.6. The van der Waals surface area contributed by atoms with Crippen LogP contribution in [0, 0.1) is 0 Å². The van der Waals surface area contributed by atoms with Crippen LogP contribution in [-0.4, -0.2) is 56.1 Å². The predicted molar refractivity (Wildman–Crippen MR) is 139 cm³/mol. The quantitative estimate of drug-likeness (QED) is 0.384. The summed E-state index contributed by atoms with van der Waals surface area (Å²) in [5.41, 5.74) is 1.56. The van der Waals surface area contributed by atoms with Crippen LogP contribution in [0.4, 0.5) is 10.6 Å². The number of benzene rings is 1. The molecule has 0 aliphatic heterocycles. The Bertz CT molecular complexity index is 1500. The number of carbonyl (C=O) groups excluding carboxylic acids is 1. The summed E-state index contributed by atoms with van der Waals surface area (Å²) in [5.74, 6) is 0.318. The molecule has 0 spiro atoms. The molecular formula is C26H31N5O6. The zero-order chi connectivity index (χ0) is 27.1. The molecular weight excluding hydrogens is 478 g/mol. The standard InChI is InChI=1S/C26H31N5O6/c1-8-30-18(24(32)33)12-17-21-20(27-14-29(21)5)23(28-22(17)30)31(25(34)37-26(2,3)4)13-15-9-10-16(35-6)11-19(15)36-7/h9-12,14H,8,13H2,1-7H3,(H,32,33). The van der Waals surface area contributed by atoms with Crippen LogP contribution in [0.5, 0.6) is 11.5 Å². The van der Waals surface area contributed by atoms with Gasteiger partial charge in [0, 0.05) is 30.6 Å². The normalized spacial score (nSPS) is 11.6. The molecule has 0 bridgehead atoms. The Morgan fingerprint density at radius 3 is 2.46 bits per heavy atom. The van der Waals surface area contributed by atoms with Crippen molar-refractivity contribution in [1.82, 2.24) is 19.1 Å². The fourth-order valence-electron chi connectivity index (χ4n) is 4.28. The molecule has 196 valence electrons. The maximum Gasteiger partial charge on any atom is 0.416 e. The molecule has 4 aromatic rings. The molecule has 0 fully saturated rings. The Morgan fingerprint density at radius 2 is 1.86 bits per heavy atom. The average Bonchev–Trinajstić information content (AvgIpc) is 3.41. The van der Waals surface area contributed by atoms with Gasteiger partial charge in [-0.2, -0.15) is 0 Å². The zero-order valence-electron chi connectivity index (χ0n) is 22.0. The summed E-state index contributed by atoms with van der Waals surface area (Å²) in [4.78, 5) is 36.3. The van der Waals surface area contributed by atoms with Crippen LogP contribution in [0.25, 0.3) is 22.1 Å². The van der Waals surface area contributed by atoms with Gasteiger partial charge in [0.25, 0.3) is 0 Å². The fraction of sp³-hybridized carbons (Fsp3) is 0.385. The molecule has 0 unspecified atom stereocenters. The number of hydrogen-bond donors (Lipinski definition) is 1. The summed E-state index contributed by atoms with van der Waals surface area (Å²) in [6.45, 7) is 7.63. The van der Waals surface area contributed by atoms with E-state index in [1.165, 1.54) is 4.90 Å². The van der Waals surface area contributed by atoms with Crippen LogP contribution in [0.3, 0.4) is 0 Å². The Balaban J connectivity index is 1.99. The van der Waals surface area contributed by atoms with Crippen molar-refractivity contribution in [2.24, 2.45) is 7.05 Å². The summed E-state index contributed by atoms with van der Waals surface area (Å²) in [7, 11) is 4.91. The lowest BCUT2D eigenvalue weighted by Gasteiger charge is -2.27. The number of aromatic carboxylic acids is 1. The lowest BCUT2D eigenvalue weighted by Crippen LogP contribution is -2.37. The number of anilines is 1. The van der Waals surface area contributed by atoms with Crippen molar-refractivity contribution in [2.75, 3.05) is 19.1 Å². The highest BCUT2D eigenvalue weighted by atomic mass is 16.6. The number of rotatable bonds is 7. The molecule has 0 aliphatic rings. The van der Waals surface area contributed by atoms with Crippen molar-refractivity contribution in [3.05, 3.63) is 41.9 Å². The van der Waals surface area contributed by atoms with Crippen molar-refractivity contribution in [3.63, 3.8) is 0 Å². The predicted octanol–water partition coefficient (Wildman–Crippen LogP) is 4.60. The second-order valence-corrected chi connectivity index (χ2v) is 9.55. The third-order valence-electron chi connectivity index (χ3n) is 5.91. The molecule has 3 aromatic heterocycles. The SMILES string of the molecule is CCn1c(C(=O)O)cc2c3c(ncn3C)c(N(Cc3ccc(OC)cc3OC)C(=O)OC(C)(C)C)nc21. The second-order valence-electron chi connectivity index (χ2n) is 9.55. The van der Waals surface area contributed by atoms with Gasteiger partial charge in [-0.1, -0.05) is 0 Å². The molecule has 37 heavy (non-hydrogen) atoms. The van der Waals surface area contributed by atoms with Crippen molar-refractivity contribution < 1.29 is 28.9 Å². The molecule has 0 radical (unpaired) electrons. The Hall–Kier alpha value is -4.28. The number of fused-ring (bicyclic) bond motifs is 3. The van der Waals surface area contributed by atoms with Crippen LogP contribution >= 0.6 is 0 Å². The Kier molecular flexibility index (Phi) is 6.72. The van der Waals surface area contributed by atoms with E-state index in [9.17, 15) is 14.7 Å². The number of aryl methyl sites for hydroxylation is 2. The van der Waals surface area contributed by atoms with E-state index < -0.39 is 17.7 Å². The Labute approximate surface area is 214 Å². The van der Waals surface area contributed by atoms with E-state index in [0.717, 1.165) is 0 Å². The van der Waals surface area contributed by atoms with Gasteiger partial charge < -0.3 is 28.5 Å². The number of ether oxygens (including phenoxy) is 3. The number of carboxylic acids is 1. The lowest BCUT2D eigenvalue weighted by atomic mass is 10.1. The smallest absolute Gasteiger partial charge is 0.416 e. The number of nitrogens with zero attached hydrogens (tertiary/aromatic N) is 5. The number of aromatic nitrogens is 4. The van der Waals surface area contributed by atoms with E-state index in [1.54, 1.807) is 74.7 Å². The van der Waals surface area contributed by atoms with Crippen LogP contribution < -0.4 is 14.4 Å². The number of pyridine rings is 1. The van der Waals surface area contributed by atoms with Gasteiger partial charge in [0.15, 0.2) is 5.82 Å². The number of methoxy groups -OCH3 is 2. The van der Waals surface area contributed by atoms with E-state index in [4.69, 9.17) is 19.2 Å². The average molecular weight is 510 g/mol.